The fourth-order valence-electron chi connectivity index (χ4n) is 4.12. The van der Waals surface area contributed by atoms with E-state index in [0.29, 0.717) is 5.41 Å². The number of piperidine rings is 1. The van der Waals surface area contributed by atoms with E-state index in [0.717, 1.165) is 4.47 Å². The van der Waals surface area contributed by atoms with Crippen molar-refractivity contribution in [1.29, 1.82) is 0 Å². The van der Waals surface area contributed by atoms with Crippen LogP contribution in [0.25, 0.3) is 0 Å². The van der Waals surface area contributed by atoms with Gasteiger partial charge in [0.2, 0.25) is 0 Å². The standard InChI is InChI=1S/C18H27BrN2/c1-14(20)16-6-5-15(13-17(16)19)21-11-9-18(10-12-21)7-3-2-4-8-18/h5-6,13-14H,2-4,7-12,20H2,1H3. The monoisotopic (exact) mass is 350 g/mol. The lowest BCUT2D eigenvalue weighted by atomic mass is 9.68. The van der Waals surface area contributed by atoms with Crippen molar-refractivity contribution in [2.24, 2.45) is 11.1 Å². The van der Waals surface area contributed by atoms with Crippen molar-refractivity contribution in [1.82, 2.24) is 0 Å². The second kappa shape index (κ2) is 6.29. The van der Waals surface area contributed by atoms with E-state index in [1.807, 2.05) is 6.92 Å². The Hall–Kier alpha value is -0.540. The highest BCUT2D eigenvalue weighted by Crippen LogP contribution is 2.45. The highest BCUT2D eigenvalue weighted by atomic mass is 79.9. The third-order valence-electron chi connectivity index (χ3n) is 5.58. The van der Waals surface area contributed by atoms with E-state index in [4.69, 9.17) is 5.73 Å². The SMILES string of the molecule is CC(N)c1ccc(N2CCC3(CCCCC3)CC2)cc1Br. The fourth-order valence-corrected chi connectivity index (χ4v) is 4.85. The van der Waals surface area contributed by atoms with Crippen LogP contribution in [0.15, 0.2) is 22.7 Å². The van der Waals surface area contributed by atoms with Gasteiger partial charge in [-0.1, -0.05) is 41.3 Å². The van der Waals surface area contributed by atoms with Gasteiger partial charge in [-0.3, -0.25) is 0 Å². The molecule has 2 aliphatic rings. The maximum atomic E-state index is 5.99. The van der Waals surface area contributed by atoms with Crippen LogP contribution in [0.4, 0.5) is 5.69 Å². The molecule has 2 fully saturated rings. The summed E-state index contributed by atoms with van der Waals surface area (Å²) < 4.78 is 1.15. The van der Waals surface area contributed by atoms with Gasteiger partial charge in [0, 0.05) is 29.3 Å². The summed E-state index contributed by atoms with van der Waals surface area (Å²) in [6, 6.07) is 6.75. The molecule has 1 heterocycles. The Labute approximate surface area is 137 Å². The van der Waals surface area contributed by atoms with Gasteiger partial charge in [-0.2, -0.15) is 0 Å². The summed E-state index contributed by atoms with van der Waals surface area (Å²) in [7, 11) is 0. The molecular weight excluding hydrogens is 324 g/mol. The number of halogens is 1. The Kier molecular flexibility index (Phi) is 4.60. The van der Waals surface area contributed by atoms with Gasteiger partial charge in [0.15, 0.2) is 0 Å². The second-order valence-electron chi connectivity index (χ2n) is 7.04. The van der Waals surface area contributed by atoms with E-state index in [1.165, 1.54) is 69.3 Å². The number of anilines is 1. The summed E-state index contributed by atoms with van der Waals surface area (Å²) in [5.74, 6) is 0. The maximum Gasteiger partial charge on any atom is 0.0377 e. The van der Waals surface area contributed by atoms with E-state index < -0.39 is 0 Å². The van der Waals surface area contributed by atoms with E-state index in [9.17, 15) is 0 Å². The average molecular weight is 351 g/mol. The number of nitrogens with zero attached hydrogens (tertiary/aromatic N) is 1. The largest absolute Gasteiger partial charge is 0.371 e. The molecule has 3 rings (SSSR count). The third kappa shape index (κ3) is 3.29. The first kappa shape index (κ1) is 15.4. The first-order valence-electron chi connectivity index (χ1n) is 8.40. The van der Waals surface area contributed by atoms with E-state index in [1.54, 1.807) is 0 Å². The summed E-state index contributed by atoms with van der Waals surface area (Å²) >= 11 is 3.68. The van der Waals surface area contributed by atoms with Crippen LogP contribution in [0.3, 0.4) is 0 Å². The molecule has 1 saturated heterocycles. The van der Waals surface area contributed by atoms with Crippen molar-refractivity contribution >= 4 is 21.6 Å². The normalized spacial score (nSPS) is 23.3. The minimum absolute atomic E-state index is 0.0836. The van der Waals surface area contributed by atoms with Crippen molar-refractivity contribution in [2.75, 3.05) is 18.0 Å². The number of benzene rings is 1. The summed E-state index contributed by atoms with van der Waals surface area (Å²) in [6.07, 6.45) is 10.0. The van der Waals surface area contributed by atoms with E-state index >= 15 is 0 Å². The Morgan fingerprint density at radius 2 is 1.76 bits per heavy atom. The van der Waals surface area contributed by atoms with Crippen LogP contribution in [-0.4, -0.2) is 13.1 Å². The lowest BCUT2D eigenvalue weighted by molar-refractivity contribution is 0.144. The average Bonchev–Trinajstić information content (AvgIpc) is 2.48. The zero-order chi connectivity index (χ0) is 14.9. The number of hydrogen-bond donors (Lipinski definition) is 1. The molecule has 21 heavy (non-hydrogen) atoms. The Morgan fingerprint density at radius 3 is 2.33 bits per heavy atom. The molecular formula is C18H27BrN2. The topological polar surface area (TPSA) is 29.3 Å². The highest BCUT2D eigenvalue weighted by Gasteiger charge is 2.35. The van der Waals surface area contributed by atoms with Gasteiger partial charge in [-0.15, -0.1) is 0 Å². The minimum atomic E-state index is 0.0836. The van der Waals surface area contributed by atoms with Gasteiger partial charge in [-0.25, -0.2) is 0 Å². The fraction of sp³-hybridized carbons (Fsp3) is 0.667. The molecule has 1 spiro atoms. The lowest BCUT2D eigenvalue weighted by Crippen LogP contribution is -2.41. The quantitative estimate of drug-likeness (QED) is 0.811. The minimum Gasteiger partial charge on any atom is -0.371 e. The molecule has 1 aliphatic carbocycles. The molecule has 1 atom stereocenters. The van der Waals surface area contributed by atoms with Crippen LogP contribution in [-0.2, 0) is 0 Å². The molecule has 1 aromatic rings. The van der Waals surface area contributed by atoms with E-state index in [-0.39, 0.29) is 6.04 Å². The van der Waals surface area contributed by atoms with Gasteiger partial charge in [0.1, 0.15) is 0 Å². The van der Waals surface area contributed by atoms with Gasteiger partial charge in [-0.05, 0) is 55.7 Å². The van der Waals surface area contributed by atoms with Crippen molar-refractivity contribution in [2.45, 2.75) is 57.9 Å². The highest BCUT2D eigenvalue weighted by molar-refractivity contribution is 9.10. The summed E-state index contributed by atoms with van der Waals surface area (Å²) in [5, 5.41) is 0. The van der Waals surface area contributed by atoms with Crippen LogP contribution in [0.5, 0.6) is 0 Å². The third-order valence-corrected chi connectivity index (χ3v) is 6.26. The smallest absolute Gasteiger partial charge is 0.0377 e. The summed E-state index contributed by atoms with van der Waals surface area (Å²) in [5.41, 5.74) is 9.21. The Bertz CT molecular complexity index is 482. The number of rotatable bonds is 2. The van der Waals surface area contributed by atoms with Gasteiger partial charge in [0.05, 0.1) is 0 Å². The van der Waals surface area contributed by atoms with Gasteiger partial charge < -0.3 is 10.6 Å². The second-order valence-corrected chi connectivity index (χ2v) is 7.90. The number of hydrogen-bond acceptors (Lipinski definition) is 2. The summed E-state index contributed by atoms with van der Waals surface area (Å²) in [6.45, 7) is 4.46. The molecule has 1 aliphatic heterocycles. The molecule has 0 amide bonds. The molecule has 3 heteroatoms. The lowest BCUT2D eigenvalue weighted by Gasteiger charge is -2.45. The zero-order valence-electron chi connectivity index (χ0n) is 13.1. The molecule has 0 bridgehead atoms. The predicted octanol–water partition coefficient (Wildman–Crippen LogP) is 5.02. The Morgan fingerprint density at radius 1 is 1.10 bits per heavy atom. The van der Waals surface area contributed by atoms with Crippen molar-refractivity contribution in [3.8, 4) is 0 Å². The molecule has 2 nitrogen and oxygen atoms in total. The molecule has 0 aromatic heterocycles. The molecule has 0 radical (unpaired) electrons. The maximum absolute atomic E-state index is 5.99. The molecule has 1 aromatic carbocycles. The zero-order valence-corrected chi connectivity index (χ0v) is 14.7. The van der Waals surface area contributed by atoms with Crippen molar-refractivity contribution in [3.05, 3.63) is 28.2 Å². The van der Waals surface area contributed by atoms with Crippen molar-refractivity contribution < 1.29 is 0 Å². The van der Waals surface area contributed by atoms with Gasteiger partial charge >= 0.3 is 0 Å². The molecule has 1 unspecified atom stereocenters. The molecule has 1 saturated carbocycles. The first-order chi connectivity index (χ1) is 10.1. The first-order valence-corrected chi connectivity index (χ1v) is 9.19. The Balaban J connectivity index is 1.68. The predicted molar refractivity (Wildman–Crippen MR) is 93.7 cm³/mol. The van der Waals surface area contributed by atoms with Crippen LogP contribution in [0.1, 0.15) is 63.5 Å². The van der Waals surface area contributed by atoms with E-state index in [2.05, 4.69) is 39.0 Å². The molecule has 116 valence electrons. The summed E-state index contributed by atoms with van der Waals surface area (Å²) in [4.78, 5) is 2.55. The van der Waals surface area contributed by atoms with Crippen LogP contribution >= 0.6 is 15.9 Å². The van der Waals surface area contributed by atoms with Gasteiger partial charge in [0.25, 0.3) is 0 Å². The van der Waals surface area contributed by atoms with Crippen molar-refractivity contribution in [3.63, 3.8) is 0 Å². The van der Waals surface area contributed by atoms with Crippen LogP contribution in [0, 0.1) is 5.41 Å². The number of nitrogens with two attached hydrogens (primary N) is 1. The van der Waals surface area contributed by atoms with Crippen LogP contribution in [0.2, 0.25) is 0 Å². The van der Waals surface area contributed by atoms with Crippen LogP contribution < -0.4 is 10.6 Å². The molecule has 2 N–H and O–H groups in total.